The van der Waals surface area contributed by atoms with Crippen LogP contribution in [0.15, 0.2) is 60.9 Å². The molecule has 1 amide bonds. The number of benzene rings is 2. The predicted octanol–water partition coefficient (Wildman–Crippen LogP) is 4.09. The molecule has 0 aliphatic rings. The Balaban J connectivity index is 1.78. The number of aromatic nitrogens is 2. The van der Waals surface area contributed by atoms with Gasteiger partial charge in [0.15, 0.2) is 0 Å². The van der Waals surface area contributed by atoms with Crippen LogP contribution in [-0.4, -0.2) is 15.7 Å². The molecule has 0 spiro atoms. The zero-order valence-electron chi connectivity index (χ0n) is 12.0. The van der Waals surface area contributed by atoms with Crippen LogP contribution in [0.2, 0.25) is 5.02 Å². The molecule has 0 fully saturated rings. The molecule has 3 aromatic rings. The van der Waals surface area contributed by atoms with Gasteiger partial charge in [-0.05, 0) is 36.8 Å². The second kappa shape index (κ2) is 6.03. The van der Waals surface area contributed by atoms with Crippen LogP contribution in [0.3, 0.4) is 0 Å². The van der Waals surface area contributed by atoms with E-state index in [1.807, 2.05) is 49.4 Å². The normalized spacial score (nSPS) is 10.5. The first-order chi connectivity index (χ1) is 10.6. The largest absolute Gasteiger partial charge is 0.322 e. The molecule has 110 valence electrons. The highest BCUT2D eigenvalue weighted by Gasteiger charge is 2.10. The van der Waals surface area contributed by atoms with E-state index in [1.165, 1.54) is 6.20 Å². The number of aryl methyl sites for hydroxylation is 1. The van der Waals surface area contributed by atoms with Crippen LogP contribution in [-0.2, 0) is 0 Å². The summed E-state index contributed by atoms with van der Waals surface area (Å²) in [6.45, 7) is 1.91. The first-order valence-corrected chi connectivity index (χ1v) is 7.19. The highest BCUT2D eigenvalue weighted by atomic mass is 35.5. The number of nitrogens with zero attached hydrogens (tertiary/aromatic N) is 2. The van der Waals surface area contributed by atoms with Gasteiger partial charge in [0.1, 0.15) is 0 Å². The second-order valence-electron chi connectivity index (χ2n) is 4.93. The Kier molecular flexibility index (Phi) is 3.94. The lowest BCUT2D eigenvalue weighted by atomic mass is 10.2. The summed E-state index contributed by atoms with van der Waals surface area (Å²) in [6.07, 6.45) is 3.23. The number of carbonyl (C=O) groups excluding carboxylic acids is 1. The van der Waals surface area contributed by atoms with Crippen molar-refractivity contribution in [3.8, 4) is 5.69 Å². The number of rotatable bonds is 3. The summed E-state index contributed by atoms with van der Waals surface area (Å²) in [6, 6.07) is 15.0. The SMILES string of the molecule is Cc1ccc(NC(=O)c2cnn(-c3ccccc3)c2)cc1Cl. The van der Waals surface area contributed by atoms with Crippen LogP contribution in [0, 0.1) is 6.92 Å². The summed E-state index contributed by atoms with van der Waals surface area (Å²) in [5, 5.41) is 7.65. The minimum absolute atomic E-state index is 0.220. The van der Waals surface area contributed by atoms with Gasteiger partial charge in [0.2, 0.25) is 0 Å². The van der Waals surface area contributed by atoms with E-state index in [1.54, 1.807) is 16.9 Å². The molecule has 1 heterocycles. The molecular weight excluding hydrogens is 298 g/mol. The van der Waals surface area contributed by atoms with Crippen LogP contribution in [0.1, 0.15) is 15.9 Å². The minimum Gasteiger partial charge on any atom is -0.322 e. The lowest BCUT2D eigenvalue weighted by Gasteiger charge is -2.05. The smallest absolute Gasteiger partial charge is 0.258 e. The van der Waals surface area contributed by atoms with Crippen molar-refractivity contribution in [1.82, 2.24) is 9.78 Å². The standard InChI is InChI=1S/C17H14ClN3O/c1-12-7-8-14(9-16(12)18)20-17(22)13-10-19-21(11-13)15-5-3-2-4-6-15/h2-11H,1H3,(H,20,22). The van der Waals surface area contributed by atoms with Crippen molar-refractivity contribution >= 4 is 23.2 Å². The highest BCUT2D eigenvalue weighted by Crippen LogP contribution is 2.20. The van der Waals surface area contributed by atoms with Crippen molar-refractivity contribution in [2.45, 2.75) is 6.92 Å². The first-order valence-electron chi connectivity index (χ1n) is 6.81. The molecule has 0 aliphatic carbocycles. The summed E-state index contributed by atoms with van der Waals surface area (Å²) in [5.41, 5.74) is 3.02. The van der Waals surface area contributed by atoms with Crippen molar-refractivity contribution in [3.63, 3.8) is 0 Å². The van der Waals surface area contributed by atoms with Gasteiger partial charge in [0.25, 0.3) is 5.91 Å². The Morgan fingerprint density at radius 2 is 1.95 bits per heavy atom. The molecule has 0 saturated carbocycles. The van der Waals surface area contributed by atoms with Gasteiger partial charge < -0.3 is 5.32 Å². The van der Waals surface area contributed by atoms with Crippen molar-refractivity contribution < 1.29 is 4.79 Å². The van der Waals surface area contributed by atoms with E-state index in [-0.39, 0.29) is 5.91 Å². The van der Waals surface area contributed by atoms with Gasteiger partial charge in [-0.2, -0.15) is 5.10 Å². The minimum atomic E-state index is -0.220. The van der Waals surface area contributed by atoms with Crippen LogP contribution in [0.4, 0.5) is 5.69 Å². The van der Waals surface area contributed by atoms with Crippen LogP contribution in [0.25, 0.3) is 5.69 Å². The van der Waals surface area contributed by atoms with Gasteiger partial charge in [-0.15, -0.1) is 0 Å². The average molecular weight is 312 g/mol. The molecule has 0 radical (unpaired) electrons. The maximum Gasteiger partial charge on any atom is 0.258 e. The summed E-state index contributed by atoms with van der Waals surface area (Å²) < 4.78 is 1.66. The Hall–Kier alpha value is -2.59. The molecule has 2 aromatic carbocycles. The summed E-state index contributed by atoms with van der Waals surface area (Å²) >= 11 is 6.06. The zero-order valence-corrected chi connectivity index (χ0v) is 12.7. The summed E-state index contributed by atoms with van der Waals surface area (Å²) in [7, 11) is 0. The van der Waals surface area contributed by atoms with Crippen molar-refractivity contribution in [3.05, 3.63) is 77.1 Å². The van der Waals surface area contributed by atoms with E-state index < -0.39 is 0 Å². The van der Waals surface area contributed by atoms with E-state index >= 15 is 0 Å². The Labute approximate surface area is 133 Å². The average Bonchev–Trinajstić information content (AvgIpc) is 3.02. The molecule has 0 bridgehead atoms. The van der Waals surface area contributed by atoms with Gasteiger partial charge in [-0.3, -0.25) is 4.79 Å². The molecular formula is C17H14ClN3O. The fourth-order valence-corrected chi connectivity index (χ4v) is 2.22. The van der Waals surface area contributed by atoms with Crippen LogP contribution >= 0.6 is 11.6 Å². The lowest BCUT2D eigenvalue weighted by molar-refractivity contribution is 0.102. The predicted molar refractivity (Wildman–Crippen MR) is 87.7 cm³/mol. The van der Waals surface area contributed by atoms with Crippen LogP contribution in [0.5, 0.6) is 0 Å². The maximum absolute atomic E-state index is 12.2. The molecule has 1 N–H and O–H groups in total. The molecule has 22 heavy (non-hydrogen) atoms. The molecule has 5 heteroatoms. The molecule has 3 rings (SSSR count). The van der Waals surface area contributed by atoms with Gasteiger partial charge in [0.05, 0.1) is 17.4 Å². The van der Waals surface area contributed by atoms with Gasteiger partial charge in [-0.1, -0.05) is 35.9 Å². The maximum atomic E-state index is 12.2. The number of carbonyl (C=O) groups is 1. The number of para-hydroxylation sites is 1. The monoisotopic (exact) mass is 311 g/mol. The molecule has 0 aliphatic heterocycles. The first kappa shape index (κ1) is 14.4. The van der Waals surface area contributed by atoms with Crippen molar-refractivity contribution in [2.24, 2.45) is 0 Å². The third-order valence-corrected chi connectivity index (χ3v) is 3.70. The van der Waals surface area contributed by atoms with Crippen molar-refractivity contribution in [1.29, 1.82) is 0 Å². The topological polar surface area (TPSA) is 46.9 Å². The summed E-state index contributed by atoms with van der Waals surface area (Å²) in [5.74, 6) is -0.220. The van der Waals surface area contributed by atoms with Crippen LogP contribution < -0.4 is 5.32 Å². The number of anilines is 1. The summed E-state index contributed by atoms with van der Waals surface area (Å²) in [4.78, 5) is 12.2. The number of amides is 1. The Morgan fingerprint density at radius 1 is 1.18 bits per heavy atom. The van der Waals surface area contributed by atoms with Crippen molar-refractivity contribution in [2.75, 3.05) is 5.32 Å². The molecule has 4 nitrogen and oxygen atoms in total. The van der Waals surface area contributed by atoms with Gasteiger partial charge in [-0.25, -0.2) is 4.68 Å². The van der Waals surface area contributed by atoms with E-state index in [0.29, 0.717) is 16.3 Å². The van der Waals surface area contributed by atoms with E-state index in [2.05, 4.69) is 10.4 Å². The highest BCUT2D eigenvalue weighted by molar-refractivity contribution is 6.31. The fourth-order valence-electron chi connectivity index (χ4n) is 2.04. The van der Waals surface area contributed by atoms with Gasteiger partial charge in [0, 0.05) is 16.9 Å². The third-order valence-electron chi connectivity index (χ3n) is 3.30. The molecule has 0 atom stereocenters. The number of halogens is 1. The fraction of sp³-hybridized carbons (Fsp3) is 0.0588. The lowest BCUT2D eigenvalue weighted by Crippen LogP contribution is -2.11. The molecule has 0 unspecified atom stereocenters. The molecule has 1 aromatic heterocycles. The molecule has 0 saturated heterocycles. The van der Waals surface area contributed by atoms with Gasteiger partial charge >= 0.3 is 0 Å². The number of nitrogens with one attached hydrogen (secondary N) is 1. The van der Waals surface area contributed by atoms with E-state index in [4.69, 9.17) is 11.6 Å². The zero-order chi connectivity index (χ0) is 15.5. The Bertz CT molecular complexity index is 812. The number of hydrogen-bond donors (Lipinski definition) is 1. The quantitative estimate of drug-likeness (QED) is 0.792. The Morgan fingerprint density at radius 3 is 2.68 bits per heavy atom. The van der Waals surface area contributed by atoms with E-state index in [0.717, 1.165) is 11.3 Å². The van der Waals surface area contributed by atoms with E-state index in [9.17, 15) is 4.79 Å². The second-order valence-corrected chi connectivity index (χ2v) is 5.33. The third kappa shape index (κ3) is 3.02. The number of hydrogen-bond acceptors (Lipinski definition) is 2.